The molecule has 2 fully saturated rings. The summed E-state index contributed by atoms with van der Waals surface area (Å²) in [6.07, 6.45) is 5.54. The van der Waals surface area contributed by atoms with E-state index in [-0.39, 0.29) is 17.6 Å². The number of rotatable bonds is 8. The number of hydrogen-bond donors (Lipinski definition) is 0. The number of amides is 1. The van der Waals surface area contributed by atoms with Gasteiger partial charge in [-0.2, -0.15) is 5.10 Å². The minimum absolute atomic E-state index is 0.137. The van der Waals surface area contributed by atoms with Crippen LogP contribution in [0.4, 0.5) is 10.2 Å². The van der Waals surface area contributed by atoms with Crippen molar-refractivity contribution in [1.82, 2.24) is 19.6 Å². The van der Waals surface area contributed by atoms with Gasteiger partial charge in [0.05, 0.1) is 17.9 Å². The number of anilines is 1. The van der Waals surface area contributed by atoms with Gasteiger partial charge in [-0.15, -0.1) is 0 Å². The largest absolute Gasteiger partial charge is 0.354 e. The average molecular weight is 484 g/mol. The Morgan fingerprint density at radius 1 is 1.14 bits per heavy atom. The molecule has 1 aliphatic heterocycles. The van der Waals surface area contributed by atoms with Crippen LogP contribution in [-0.4, -0.2) is 64.8 Å². The molecule has 1 aliphatic carbocycles. The first kappa shape index (κ1) is 25.7. The van der Waals surface area contributed by atoms with Crippen molar-refractivity contribution < 1.29 is 9.18 Å². The first-order valence-electron chi connectivity index (χ1n) is 13.5. The maximum absolute atomic E-state index is 14.2. The number of aromatic nitrogens is 2. The standard InChI is InChI=1S/C28H42FN5O/c1-5-31-14-16-32(17-15-31)27-26(22(4)30-34(27)25-13-9-12-24(29)18-25)20-33(19-21(2)3)28(35)23-10-7-6-8-11-23/h9,12-13,18,21,23H,5-8,10-11,14-17,19-20H2,1-4H3. The quantitative estimate of drug-likeness (QED) is 0.529. The van der Waals surface area contributed by atoms with Crippen LogP contribution < -0.4 is 4.90 Å². The minimum atomic E-state index is -0.270. The number of hydrogen-bond acceptors (Lipinski definition) is 4. The van der Waals surface area contributed by atoms with Crippen LogP contribution in [0.15, 0.2) is 24.3 Å². The average Bonchev–Trinajstić information content (AvgIpc) is 3.19. The Hall–Kier alpha value is -2.41. The molecule has 0 spiro atoms. The third-order valence-electron chi connectivity index (χ3n) is 7.53. The lowest BCUT2D eigenvalue weighted by atomic mass is 9.88. The molecule has 0 radical (unpaired) electrons. The number of carbonyl (C=O) groups is 1. The van der Waals surface area contributed by atoms with Crippen molar-refractivity contribution in [2.75, 3.05) is 44.2 Å². The SMILES string of the molecule is CCN1CCN(c2c(CN(CC(C)C)C(=O)C3CCCCC3)c(C)nn2-c2cccc(F)c2)CC1. The number of carbonyl (C=O) groups excluding carboxylic acids is 1. The van der Waals surface area contributed by atoms with Crippen molar-refractivity contribution in [2.24, 2.45) is 11.8 Å². The summed E-state index contributed by atoms with van der Waals surface area (Å²) in [5, 5.41) is 4.90. The molecule has 1 amide bonds. The summed E-state index contributed by atoms with van der Waals surface area (Å²) in [6, 6.07) is 6.65. The summed E-state index contributed by atoms with van der Waals surface area (Å²) in [7, 11) is 0. The van der Waals surface area contributed by atoms with Crippen LogP contribution in [0.5, 0.6) is 0 Å². The normalized spacial score (nSPS) is 17.8. The highest BCUT2D eigenvalue weighted by molar-refractivity contribution is 5.79. The molecule has 2 heterocycles. The first-order chi connectivity index (χ1) is 16.9. The lowest BCUT2D eigenvalue weighted by molar-refractivity contribution is -0.137. The molecule has 0 bridgehead atoms. The summed E-state index contributed by atoms with van der Waals surface area (Å²) >= 11 is 0. The highest BCUT2D eigenvalue weighted by atomic mass is 19.1. The maximum atomic E-state index is 14.2. The molecule has 0 N–H and O–H groups in total. The van der Waals surface area contributed by atoms with E-state index in [1.54, 1.807) is 12.1 Å². The van der Waals surface area contributed by atoms with E-state index >= 15 is 0 Å². The molecule has 0 unspecified atom stereocenters. The van der Waals surface area contributed by atoms with E-state index in [0.717, 1.165) is 87.7 Å². The van der Waals surface area contributed by atoms with Crippen LogP contribution in [0, 0.1) is 24.6 Å². The molecule has 7 heteroatoms. The van der Waals surface area contributed by atoms with Gasteiger partial charge in [-0.3, -0.25) is 4.79 Å². The summed E-state index contributed by atoms with van der Waals surface area (Å²) in [4.78, 5) is 20.6. The lowest BCUT2D eigenvalue weighted by Crippen LogP contribution is -2.47. The Morgan fingerprint density at radius 3 is 2.49 bits per heavy atom. The van der Waals surface area contributed by atoms with Crippen LogP contribution in [0.25, 0.3) is 5.69 Å². The maximum Gasteiger partial charge on any atom is 0.225 e. The second-order valence-electron chi connectivity index (χ2n) is 10.6. The third kappa shape index (κ3) is 6.05. The predicted molar refractivity (Wildman–Crippen MR) is 139 cm³/mol. The first-order valence-corrected chi connectivity index (χ1v) is 13.5. The fourth-order valence-electron chi connectivity index (χ4n) is 5.59. The minimum Gasteiger partial charge on any atom is -0.354 e. The van der Waals surface area contributed by atoms with Crippen LogP contribution in [0.2, 0.25) is 0 Å². The number of likely N-dealkylation sites (N-methyl/N-ethyl adjacent to an activating group) is 1. The number of halogens is 1. The third-order valence-corrected chi connectivity index (χ3v) is 7.53. The number of benzene rings is 1. The molecule has 1 saturated carbocycles. The Labute approximate surface area is 210 Å². The van der Waals surface area contributed by atoms with Gasteiger partial charge < -0.3 is 14.7 Å². The van der Waals surface area contributed by atoms with Gasteiger partial charge in [0.25, 0.3) is 0 Å². The van der Waals surface area contributed by atoms with Gasteiger partial charge in [-0.05, 0) is 50.4 Å². The molecule has 6 nitrogen and oxygen atoms in total. The van der Waals surface area contributed by atoms with Crippen molar-refractivity contribution in [3.05, 3.63) is 41.3 Å². The predicted octanol–water partition coefficient (Wildman–Crippen LogP) is 5.03. The zero-order chi connectivity index (χ0) is 24.9. The Morgan fingerprint density at radius 2 is 1.86 bits per heavy atom. The van der Waals surface area contributed by atoms with E-state index in [1.807, 2.05) is 17.7 Å². The van der Waals surface area contributed by atoms with Crippen molar-refractivity contribution in [3.63, 3.8) is 0 Å². The van der Waals surface area contributed by atoms with E-state index < -0.39 is 0 Å². The number of piperazine rings is 1. The van der Waals surface area contributed by atoms with E-state index in [4.69, 9.17) is 5.10 Å². The van der Waals surface area contributed by atoms with Crippen molar-refractivity contribution in [3.8, 4) is 5.69 Å². The Kier molecular flexibility index (Phi) is 8.47. The summed E-state index contributed by atoms with van der Waals surface area (Å²) in [5.41, 5.74) is 2.72. The Bertz CT molecular complexity index is 989. The smallest absolute Gasteiger partial charge is 0.225 e. The molecule has 2 aromatic rings. The van der Waals surface area contributed by atoms with Crippen molar-refractivity contribution in [1.29, 1.82) is 0 Å². The van der Waals surface area contributed by atoms with E-state index in [2.05, 4.69) is 35.5 Å². The molecule has 4 rings (SSSR count). The topological polar surface area (TPSA) is 44.6 Å². The molecule has 1 aromatic heterocycles. The van der Waals surface area contributed by atoms with E-state index in [1.165, 1.54) is 12.5 Å². The lowest BCUT2D eigenvalue weighted by Gasteiger charge is -2.37. The van der Waals surface area contributed by atoms with Crippen molar-refractivity contribution in [2.45, 2.75) is 66.3 Å². The van der Waals surface area contributed by atoms with Crippen molar-refractivity contribution >= 4 is 11.7 Å². The monoisotopic (exact) mass is 483 g/mol. The molecular weight excluding hydrogens is 441 g/mol. The highest BCUT2D eigenvalue weighted by Gasteiger charge is 2.31. The molecule has 192 valence electrons. The second kappa shape index (κ2) is 11.5. The van der Waals surface area contributed by atoms with Crippen LogP contribution in [0.3, 0.4) is 0 Å². The molecule has 1 saturated heterocycles. The molecule has 2 aliphatic rings. The highest BCUT2D eigenvalue weighted by Crippen LogP contribution is 2.32. The number of nitrogens with zero attached hydrogens (tertiary/aromatic N) is 5. The Balaban J connectivity index is 1.71. The zero-order valence-corrected chi connectivity index (χ0v) is 22.0. The van der Waals surface area contributed by atoms with Gasteiger partial charge in [0.2, 0.25) is 5.91 Å². The van der Waals surface area contributed by atoms with Crippen LogP contribution >= 0.6 is 0 Å². The van der Waals surface area contributed by atoms with Gasteiger partial charge in [-0.25, -0.2) is 9.07 Å². The number of aryl methyl sites for hydroxylation is 1. The fourth-order valence-corrected chi connectivity index (χ4v) is 5.59. The summed E-state index contributed by atoms with van der Waals surface area (Å²) < 4.78 is 16.1. The van der Waals surface area contributed by atoms with Gasteiger partial charge in [0.15, 0.2) is 0 Å². The van der Waals surface area contributed by atoms with E-state index in [0.29, 0.717) is 12.5 Å². The molecule has 0 atom stereocenters. The van der Waals surface area contributed by atoms with Gasteiger partial charge in [-0.1, -0.05) is 46.1 Å². The fraction of sp³-hybridized carbons (Fsp3) is 0.643. The zero-order valence-electron chi connectivity index (χ0n) is 22.0. The van der Waals surface area contributed by atoms with Gasteiger partial charge in [0, 0.05) is 44.2 Å². The van der Waals surface area contributed by atoms with Crippen LogP contribution in [-0.2, 0) is 11.3 Å². The second-order valence-corrected chi connectivity index (χ2v) is 10.6. The van der Waals surface area contributed by atoms with Gasteiger partial charge in [0.1, 0.15) is 11.6 Å². The summed E-state index contributed by atoms with van der Waals surface area (Å²) in [5.74, 6) is 1.55. The van der Waals surface area contributed by atoms with Gasteiger partial charge >= 0.3 is 0 Å². The molecular formula is C28H42FN5O. The molecule has 35 heavy (non-hydrogen) atoms. The summed E-state index contributed by atoms with van der Waals surface area (Å²) in [6.45, 7) is 14.7. The molecule has 1 aromatic carbocycles. The van der Waals surface area contributed by atoms with E-state index in [9.17, 15) is 9.18 Å². The van der Waals surface area contributed by atoms with Crippen LogP contribution in [0.1, 0.15) is 64.1 Å².